The van der Waals surface area contributed by atoms with Gasteiger partial charge in [-0.2, -0.15) is 0 Å². The van der Waals surface area contributed by atoms with Crippen molar-refractivity contribution in [3.8, 4) is 11.5 Å². The molecule has 3 aromatic rings. The molecule has 142 valence electrons. The quantitative estimate of drug-likeness (QED) is 0.545. The molecule has 0 amide bonds. The van der Waals surface area contributed by atoms with Crippen molar-refractivity contribution in [1.82, 2.24) is 4.98 Å². The molecule has 1 atom stereocenters. The van der Waals surface area contributed by atoms with Gasteiger partial charge in [0.05, 0.1) is 7.11 Å². The van der Waals surface area contributed by atoms with E-state index in [0.717, 1.165) is 16.5 Å². The van der Waals surface area contributed by atoms with Crippen molar-refractivity contribution in [2.24, 2.45) is 0 Å². The molecule has 28 heavy (non-hydrogen) atoms. The number of ether oxygens (including phenoxy) is 3. The third kappa shape index (κ3) is 3.24. The van der Waals surface area contributed by atoms with Gasteiger partial charge in [-0.05, 0) is 42.0 Å². The predicted molar refractivity (Wildman–Crippen MR) is 105 cm³/mol. The lowest BCUT2D eigenvalue weighted by molar-refractivity contribution is -0.150. The molecule has 1 aromatic heterocycles. The number of carbonyl (C=O) groups excluding carboxylic acids is 1. The van der Waals surface area contributed by atoms with Gasteiger partial charge in [0.1, 0.15) is 18.1 Å². The van der Waals surface area contributed by atoms with E-state index in [-0.39, 0.29) is 12.2 Å². The Morgan fingerprint density at radius 3 is 2.50 bits per heavy atom. The summed E-state index contributed by atoms with van der Waals surface area (Å²) in [5.74, 6) is 0.906. The van der Waals surface area contributed by atoms with E-state index in [0.29, 0.717) is 23.5 Å². The highest BCUT2D eigenvalue weighted by Gasteiger charge is 2.45. The predicted octanol–water partition coefficient (Wildman–Crippen LogP) is 3.31. The number of hydrogen-bond acceptors (Lipinski definition) is 5. The smallest absolute Gasteiger partial charge is 0.334 e. The number of pyridine rings is 1. The molecule has 1 aliphatic rings. The van der Waals surface area contributed by atoms with Crippen LogP contribution in [0.1, 0.15) is 12.0 Å². The summed E-state index contributed by atoms with van der Waals surface area (Å²) in [7, 11) is 1.60. The molecule has 6 heteroatoms. The number of fused-ring (bicyclic) bond motifs is 1. The van der Waals surface area contributed by atoms with Crippen LogP contribution in [-0.4, -0.2) is 24.7 Å². The van der Waals surface area contributed by atoms with Gasteiger partial charge < -0.3 is 19.2 Å². The van der Waals surface area contributed by atoms with Crippen molar-refractivity contribution < 1.29 is 19.0 Å². The maximum absolute atomic E-state index is 12.1. The molecule has 1 fully saturated rings. The molecule has 1 N–H and O–H groups in total. The molecule has 2 heterocycles. The van der Waals surface area contributed by atoms with Crippen LogP contribution in [0, 0.1) is 0 Å². The van der Waals surface area contributed by atoms with Crippen LogP contribution in [0.3, 0.4) is 0 Å². The topological polar surface area (TPSA) is 77.6 Å². The number of methoxy groups -OCH3 is 1. The van der Waals surface area contributed by atoms with Crippen molar-refractivity contribution in [1.29, 1.82) is 0 Å². The van der Waals surface area contributed by atoms with E-state index < -0.39 is 11.6 Å². The van der Waals surface area contributed by atoms with Gasteiger partial charge in [-0.25, -0.2) is 4.79 Å². The van der Waals surface area contributed by atoms with E-state index in [1.165, 1.54) is 6.07 Å². The molecule has 0 spiro atoms. The first kappa shape index (κ1) is 17.9. The monoisotopic (exact) mass is 377 g/mol. The van der Waals surface area contributed by atoms with Gasteiger partial charge in [-0.15, -0.1) is 0 Å². The lowest BCUT2D eigenvalue weighted by Gasteiger charge is -2.28. The van der Waals surface area contributed by atoms with Gasteiger partial charge in [0.2, 0.25) is 5.56 Å². The molecule has 4 rings (SSSR count). The maximum Gasteiger partial charge on any atom is 0.334 e. The lowest BCUT2D eigenvalue weighted by Crippen LogP contribution is -2.33. The van der Waals surface area contributed by atoms with Crippen LogP contribution in [0.25, 0.3) is 10.9 Å². The van der Waals surface area contributed by atoms with Crippen LogP contribution in [0.4, 0.5) is 0 Å². The highest BCUT2D eigenvalue weighted by Crippen LogP contribution is 2.40. The Hall–Kier alpha value is -3.54. The molecule has 6 nitrogen and oxygen atoms in total. The molecular formula is C22H19NO5. The summed E-state index contributed by atoms with van der Waals surface area (Å²) in [6.07, 6.45) is 0.346. The molecule has 0 saturated carbocycles. The average Bonchev–Trinajstić information content (AvgIpc) is 3.01. The fourth-order valence-corrected chi connectivity index (χ4v) is 3.34. The van der Waals surface area contributed by atoms with Crippen molar-refractivity contribution in [2.45, 2.75) is 12.0 Å². The molecule has 0 bridgehead atoms. The van der Waals surface area contributed by atoms with Gasteiger partial charge in [-0.1, -0.05) is 18.7 Å². The van der Waals surface area contributed by atoms with Crippen LogP contribution in [0.15, 0.2) is 71.5 Å². The molecule has 2 aromatic carbocycles. The summed E-state index contributed by atoms with van der Waals surface area (Å²) in [6, 6.07) is 15.9. The van der Waals surface area contributed by atoms with E-state index in [1.54, 1.807) is 25.3 Å². The van der Waals surface area contributed by atoms with Crippen molar-refractivity contribution >= 4 is 16.9 Å². The minimum absolute atomic E-state index is 0.138. The Bertz CT molecular complexity index is 1100. The van der Waals surface area contributed by atoms with Gasteiger partial charge >= 0.3 is 5.97 Å². The second-order valence-electron chi connectivity index (χ2n) is 6.75. The number of benzene rings is 2. The number of carbonyl (C=O) groups is 1. The van der Waals surface area contributed by atoms with Crippen LogP contribution >= 0.6 is 0 Å². The SMILES string of the molecule is C=C1CC(COc2ccc3[nH]c(=O)ccc3c2)(c2ccc(OC)cc2)OC1=O. The normalized spacial score (nSPS) is 18.9. The molecule has 1 saturated heterocycles. The first-order chi connectivity index (χ1) is 13.5. The number of H-pyrrole nitrogens is 1. The Morgan fingerprint density at radius 1 is 1.07 bits per heavy atom. The number of rotatable bonds is 5. The van der Waals surface area contributed by atoms with Crippen LogP contribution in [0.5, 0.6) is 11.5 Å². The highest BCUT2D eigenvalue weighted by atomic mass is 16.6. The second-order valence-corrected chi connectivity index (χ2v) is 6.75. The van der Waals surface area contributed by atoms with Crippen LogP contribution in [-0.2, 0) is 15.1 Å². The minimum Gasteiger partial charge on any atom is -0.497 e. The molecule has 0 radical (unpaired) electrons. The van der Waals surface area contributed by atoms with E-state index in [9.17, 15) is 9.59 Å². The Labute approximate surface area is 161 Å². The zero-order valence-corrected chi connectivity index (χ0v) is 15.4. The van der Waals surface area contributed by atoms with Crippen molar-refractivity contribution in [2.75, 3.05) is 13.7 Å². The standard InChI is InChI=1S/C22H19NO5/c1-14-12-22(28-21(14)25,16-4-6-17(26-2)7-5-16)13-27-18-8-9-19-15(11-18)3-10-20(24)23-19/h3-11H,1,12-13H2,2H3,(H,23,24). The third-order valence-electron chi connectivity index (χ3n) is 4.86. The van der Waals surface area contributed by atoms with E-state index in [2.05, 4.69) is 11.6 Å². The van der Waals surface area contributed by atoms with Gasteiger partial charge in [0.15, 0.2) is 5.60 Å². The van der Waals surface area contributed by atoms with Gasteiger partial charge in [0, 0.05) is 29.0 Å². The zero-order chi connectivity index (χ0) is 19.7. The van der Waals surface area contributed by atoms with Crippen molar-refractivity contribution in [3.05, 3.63) is 82.7 Å². The van der Waals surface area contributed by atoms with E-state index in [1.807, 2.05) is 30.3 Å². The number of hydrogen-bond donors (Lipinski definition) is 1. The first-order valence-corrected chi connectivity index (χ1v) is 8.81. The Kier molecular flexibility index (Phi) is 4.39. The minimum atomic E-state index is -0.944. The number of esters is 1. The van der Waals surface area contributed by atoms with Gasteiger partial charge in [0.25, 0.3) is 0 Å². The third-order valence-corrected chi connectivity index (χ3v) is 4.86. The first-order valence-electron chi connectivity index (χ1n) is 8.81. The van der Waals surface area contributed by atoms with Crippen LogP contribution in [0.2, 0.25) is 0 Å². The van der Waals surface area contributed by atoms with Gasteiger partial charge in [-0.3, -0.25) is 4.79 Å². The largest absolute Gasteiger partial charge is 0.497 e. The summed E-state index contributed by atoms with van der Waals surface area (Å²) in [5, 5.41) is 0.850. The highest BCUT2D eigenvalue weighted by molar-refractivity contribution is 5.90. The summed E-state index contributed by atoms with van der Waals surface area (Å²) >= 11 is 0. The number of nitrogens with one attached hydrogen (secondary N) is 1. The van der Waals surface area contributed by atoms with Crippen molar-refractivity contribution in [3.63, 3.8) is 0 Å². The van der Waals surface area contributed by atoms with Crippen LogP contribution < -0.4 is 15.0 Å². The molecule has 1 aliphatic heterocycles. The number of aromatic amines is 1. The maximum atomic E-state index is 12.1. The zero-order valence-electron chi connectivity index (χ0n) is 15.4. The number of aromatic nitrogens is 1. The number of cyclic esters (lactones) is 1. The molecule has 1 unspecified atom stereocenters. The summed E-state index contributed by atoms with van der Waals surface area (Å²) < 4.78 is 16.9. The second kappa shape index (κ2) is 6.88. The Balaban J connectivity index is 1.63. The summed E-state index contributed by atoms with van der Waals surface area (Å²) in [5.41, 5.74) is 0.850. The molecule has 0 aliphatic carbocycles. The fourth-order valence-electron chi connectivity index (χ4n) is 3.34. The van der Waals surface area contributed by atoms with E-state index in [4.69, 9.17) is 14.2 Å². The molecular weight excluding hydrogens is 358 g/mol. The summed E-state index contributed by atoms with van der Waals surface area (Å²) in [6.45, 7) is 3.94. The summed E-state index contributed by atoms with van der Waals surface area (Å²) in [4.78, 5) is 26.3. The average molecular weight is 377 g/mol. The lowest BCUT2D eigenvalue weighted by atomic mass is 9.90. The fraction of sp³-hybridized carbons (Fsp3) is 0.182. The van der Waals surface area contributed by atoms with E-state index >= 15 is 0 Å². The Morgan fingerprint density at radius 2 is 1.82 bits per heavy atom.